The van der Waals surface area contributed by atoms with Gasteiger partial charge >= 0.3 is 0 Å². The van der Waals surface area contributed by atoms with Crippen molar-refractivity contribution in [2.24, 2.45) is 5.92 Å². The minimum absolute atomic E-state index is 0.111. The van der Waals surface area contributed by atoms with E-state index in [0.29, 0.717) is 12.1 Å². The van der Waals surface area contributed by atoms with Gasteiger partial charge in [-0.2, -0.15) is 0 Å². The van der Waals surface area contributed by atoms with Crippen molar-refractivity contribution < 1.29 is 4.79 Å². The Morgan fingerprint density at radius 3 is 2.67 bits per heavy atom. The summed E-state index contributed by atoms with van der Waals surface area (Å²) >= 11 is 0. The molecule has 98 valence electrons. The Kier molecular flexibility index (Phi) is 4.34. The number of carbonyl (C=O) groups is 1. The molecule has 0 bridgehead atoms. The molecule has 1 heterocycles. The predicted octanol–water partition coefficient (Wildman–Crippen LogP) is 3.30. The van der Waals surface area contributed by atoms with Gasteiger partial charge in [-0.1, -0.05) is 19.8 Å². The minimum atomic E-state index is 0.111. The fraction of sp³-hybridized carbons (Fsp3) is 0.600. The van der Waals surface area contributed by atoms with Gasteiger partial charge in [-0.05, 0) is 30.9 Å². The van der Waals surface area contributed by atoms with Gasteiger partial charge in [-0.3, -0.25) is 9.78 Å². The first-order chi connectivity index (χ1) is 8.70. The third-order valence-corrected chi connectivity index (χ3v) is 3.80. The molecule has 0 atom stereocenters. The number of ketones is 1. The van der Waals surface area contributed by atoms with E-state index in [1.54, 1.807) is 0 Å². The molecule has 1 saturated carbocycles. The van der Waals surface area contributed by atoms with Gasteiger partial charge in [-0.15, -0.1) is 0 Å². The van der Waals surface area contributed by atoms with E-state index in [1.165, 1.54) is 25.7 Å². The van der Waals surface area contributed by atoms with Crippen LogP contribution in [0.1, 0.15) is 49.5 Å². The molecule has 1 fully saturated rings. The van der Waals surface area contributed by atoms with Gasteiger partial charge in [-0.25, -0.2) is 0 Å². The van der Waals surface area contributed by atoms with E-state index >= 15 is 0 Å². The van der Waals surface area contributed by atoms with Gasteiger partial charge in [0.25, 0.3) is 0 Å². The highest BCUT2D eigenvalue weighted by atomic mass is 16.1. The lowest BCUT2D eigenvalue weighted by molar-refractivity contribution is 0.0983. The van der Waals surface area contributed by atoms with Crippen molar-refractivity contribution in [2.45, 2.75) is 39.0 Å². The first-order valence-electron chi connectivity index (χ1n) is 6.91. The minimum Gasteiger partial charge on any atom is -0.373 e. The molecule has 0 unspecified atom stereocenters. The molecule has 0 radical (unpaired) electrons. The van der Waals surface area contributed by atoms with E-state index in [-0.39, 0.29) is 5.78 Å². The first kappa shape index (κ1) is 13.1. The molecular weight excluding hydrogens is 224 g/mol. The Balaban J connectivity index is 1.97. The van der Waals surface area contributed by atoms with Gasteiger partial charge in [0.05, 0.1) is 11.9 Å². The Bertz CT molecular complexity index is 393. The molecule has 0 amide bonds. The highest BCUT2D eigenvalue weighted by molar-refractivity contribution is 5.94. The summed E-state index contributed by atoms with van der Waals surface area (Å²) in [7, 11) is 2.11. The summed E-state index contributed by atoms with van der Waals surface area (Å²) in [6.45, 7) is 2.97. The average Bonchev–Trinajstić information content (AvgIpc) is 2.91. The van der Waals surface area contributed by atoms with Crippen molar-refractivity contribution in [3.63, 3.8) is 0 Å². The van der Waals surface area contributed by atoms with Crippen LogP contribution in [0.4, 0.5) is 5.69 Å². The van der Waals surface area contributed by atoms with Crippen LogP contribution in [0.15, 0.2) is 18.3 Å². The zero-order chi connectivity index (χ0) is 13.0. The number of Topliss-reactive ketones (excluding diaryl/α,β-unsaturated/α-hetero) is 1. The number of nitrogens with zero attached hydrogens (tertiary/aromatic N) is 2. The van der Waals surface area contributed by atoms with Crippen LogP contribution in [-0.4, -0.2) is 24.4 Å². The first-order valence-corrected chi connectivity index (χ1v) is 6.91. The summed E-state index contributed by atoms with van der Waals surface area (Å²) in [5, 5.41) is 0. The second-order valence-corrected chi connectivity index (χ2v) is 5.21. The van der Waals surface area contributed by atoms with Crippen molar-refractivity contribution >= 4 is 11.5 Å². The lowest BCUT2D eigenvalue weighted by Crippen LogP contribution is -2.24. The second-order valence-electron chi connectivity index (χ2n) is 5.21. The maximum absolute atomic E-state index is 11.5. The molecule has 0 aromatic carbocycles. The average molecular weight is 246 g/mol. The van der Waals surface area contributed by atoms with Gasteiger partial charge in [0.1, 0.15) is 5.69 Å². The van der Waals surface area contributed by atoms with Gasteiger partial charge in [0, 0.05) is 20.0 Å². The van der Waals surface area contributed by atoms with E-state index in [4.69, 9.17) is 0 Å². The number of pyridine rings is 1. The number of anilines is 1. The summed E-state index contributed by atoms with van der Waals surface area (Å²) < 4.78 is 0. The fourth-order valence-corrected chi connectivity index (χ4v) is 2.64. The fourth-order valence-electron chi connectivity index (χ4n) is 2.64. The lowest BCUT2D eigenvalue weighted by Gasteiger charge is -2.22. The van der Waals surface area contributed by atoms with Crippen molar-refractivity contribution in [1.29, 1.82) is 0 Å². The van der Waals surface area contributed by atoms with Crippen LogP contribution in [-0.2, 0) is 0 Å². The molecule has 2 rings (SSSR count). The molecule has 1 aromatic rings. The number of carbonyl (C=O) groups excluding carboxylic acids is 1. The largest absolute Gasteiger partial charge is 0.373 e. The standard InChI is InChI=1S/C15H22N2O/c1-3-15(18)14-9-8-13(10-16-14)17(2)11-12-6-4-5-7-12/h8-10,12H,3-7,11H2,1-2H3. The molecule has 1 aliphatic rings. The number of hydrogen-bond donors (Lipinski definition) is 0. The molecule has 0 spiro atoms. The van der Waals surface area contributed by atoms with Crippen LogP contribution in [0, 0.1) is 5.92 Å². The molecule has 0 N–H and O–H groups in total. The van der Waals surface area contributed by atoms with Crippen LogP contribution < -0.4 is 4.90 Å². The number of hydrogen-bond acceptors (Lipinski definition) is 3. The molecule has 0 saturated heterocycles. The normalized spacial score (nSPS) is 15.9. The zero-order valence-corrected chi connectivity index (χ0v) is 11.4. The van der Waals surface area contributed by atoms with E-state index in [9.17, 15) is 4.79 Å². The van der Waals surface area contributed by atoms with Crippen molar-refractivity contribution in [3.05, 3.63) is 24.0 Å². The van der Waals surface area contributed by atoms with E-state index in [1.807, 2.05) is 25.3 Å². The van der Waals surface area contributed by atoms with Crippen LogP contribution in [0.2, 0.25) is 0 Å². The van der Waals surface area contributed by atoms with Crippen LogP contribution in [0.25, 0.3) is 0 Å². The molecule has 0 aliphatic heterocycles. The smallest absolute Gasteiger partial charge is 0.180 e. The molecule has 3 nitrogen and oxygen atoms in total. The Morgan fingerprint density at radius 1 is 1.39 bits per heavy atom. The van der Waals surface area contributed by atoms with Crippen LogP contribution in [0.3, 0.4) is 0 Å². The second kappa shape index (κ2) is 5.98. The van der Waals surface area contributed by atoms with Crippen LogP contribution in [0.5, 0.6) is 0 Å². The van der Waals surface area contributed by atoms with E-state index in [0.717, 1.165) is 18.2 Å². The Labute approximate surface area is 109 Å². The van der Waals surface area contributed by atoms with Crippen LogP contribution >= 0.6 is 0 Å². The molecule has 18 heavy (non-hydrogen) atoms. The number of aromatic nitrogens is 1. The van der Waals surface area contributed by atoms with E-state index in [2.05, 4.69) is 16.9 Å². The maximum atomic E-state index is 11.5. The highest BCUT2D eigenvalue weighted by Crippen LogP contribution is 2.26. The van der Waals surface area contributed by atoms with E-state index < -0.39 is 0 Å². The van der Waals surface area contributed by atoms with Gasteiger partial charge in [0.2, 0.25) is 0 Å². The maximum Gasteiger partial charge on any atom is 0.180 e. The summed E-state index contributed by atoms with van der Waals surface area (Å²) in [6, 6.07) is 3.84. The Hall–Kier alpha value is -1.38. The third kappa shape index (κ3) is 3.09. The third-order valence-electron chi connectivity index (χ3n) is 3.80. The van der Waals surface area contributed by atoms with Gasteiger partial charge in [0.15, 0.2) is 5.78 Å². The quantitative estimate of drug-likeness (QED) is 0.747. The number of rotatable bonds is 5. The van der Waals surface area contributed by atoms with Crippen molar-refractivity contribution in [1.82, 2.24) is 4.98 Å². The predicted molar refractivity (Wildman–Crippen MR) is 74.1 cm³/mol. The summed E-state index contributed by atoms with van der Waals surface area (Å²) in [5.41, 5.74) is 1.69. The van der Waals surface area contributed by atoms with Gasteiger partial charge < -0.3 is 4.90 Å². The Morgan fingerprint density at radius 2 is 2.11 bits per heavy atom. The topological polar surface area (TPSA) is 33.2 Å². The van der Waals surface area contributed by atoms with Crippen molar-refractivity contribution in [2.75, 3.05) is 18.5 Å². The highest BCUT2D eigenvalue weighted by Gasteiger charge is 2.17. The monoisotopic (exact) mass is 246 g/mol. The SMILES string of the molecule is CCC(=O)c1ccc(N(C)CC2CCCC2)cn1. The van der Waals surface area contributed by atoms with Crippen molar-refractivity contribution in [3.8, 4) is 0 Å². The lowest BCUT2D eigenvalue weighted by atomic mass is 10.1. The molecule has 3 heteroatoms. The summed E-state index contributed by atoms with van der Waals surface area (Å²) in [5.74, 6) is 0.937. The molecule has 1 aromatic heterocycles. The zero-order valence-electron chi connectivity index (χ0n) is 11.4. The molecular formula is C15H22N2O. The summed E-state index contributed by atoms with van der Waals surface area (Å²) in [4.78, 5) is 18.0. The summed E-state index contributed by atoms with van der Waals surface area (Å²) in [6.07, 6.45) is 7.79. The molecule has 1 aliphatic carbocycles.